The van der Waals surface area contributed by atoms with Crippen molar-refractivity contribution in [3.05, 3.63) is 48.0 Å². The van der Waals surface area contributed by atoms with Crippen LogP contribution in [-0.4, -0.2) is 59.4 Å². The van der Waals surface area contributed by atoms with E-state index in [-0.39, 0.29) is 0 Å². The number of anilines is 1. The number of nitrogens with zero attached hydrogens (tertiary/aromatic N) is 3. The van der Waals surface area contributed by atoms with Gasteiger partial charge in [-0.15, -0.1) is 0 Å². The summed E-state index contributed by atoms with van der Waals surface area (Å²) in [5.74, 6) is 0.805. The van der Waals surface area contributed by atoms with Crippen molar-refractivity contribution in [2.45, 2.75) is 13.5 Å². The Hall–Kier alpha value is -2.86. The summed E-state index contributed by atoms with van der Waals surface area (Å²) in [6, 6.07) is 16.0. The van der Waals surface area contributed by atoms with Crippen LogP contribution in [0.5, 0.6) is 5.75 Å². The number of morpholine rings is 1. The number of fused-ring (bicyclic) bond motifs is 1. The zero-order chi connectivity index (χ0) is 22.5. The van der Waals surface area contributed by atoms with Gasteiger partial charge in [-0.05, 0) is 36.8 Å². The maximum atomic E-state index is 11.4. The molecule has 2 aromatic carbocycles. The lowest BCUT2D eigenvalue weighted by Crippen LogP contribution is -2.38. The third kappa shape index (κ3) is 4.80. The number of hydrogen-bond acceptors (Lipinski definition) is 5. The number of ether oxygens (including phenoxy) is 2. The molecule has 0 aliphatic carbocycles. The highest BCUT2D eigenvalue weighted by molar-refractivity contribution is 7.85. The first-order valence-corrected chi connectivity index (χ1v) is 12.4. The second-order valence-corrected chi connectivity index (χ2v) is 8.81. The lowest BCUT2D eigenvalue weighted by atomic mass is 10.1. The molecular weight excluding hydrogens is 424 g/mol. The van der Waals surface area contributed by atoms with Gasteiger partial charge in [0.2, 0.25) is 0 Å². The van der Waals surface area contributed by atoms with Gasteiger partial charge in [0, 0.05) is 49.6 Å². The van der Waals surface area contributed by atoms with Crippen LogP contribution >= 0.6 is 0 Å². The average Bonchev–Trinajstić information content (AvgIpc) is 3.12. The van der Waals surface area contributed by atoms with Gasteiger partial charge in [0.1, 0.15) is 29.4 Å². The summed E-state index contributed by atoms with van der Waals surface area (Å²) in [5.41, 5.74) is 4.26. The molecule has 1 atom stereocenters. The van der Waals surface area contributed by atoms with E-state index < -0.39 is 11.0 Å². The lowest BCUT2D eigenvalue weighted by molar-refractivity contribution is 0.0322. The maximum Gasteiger partial charge on any atom is 0.121 e. The molecule has 1 saturated heterocycles. The van der Waals surface area contributed by atoms with Crippen LogP contribution in [0.15, 0.2) is 42.5 Å². The lowest BCUT2D eigenvalue weighted by Gasteiger charge is -2.26. The van der Waals surface area contributed by atoms with Crippen molar-refractivity contribution in [1.82, 2.24) is 9.47 Å². The van der Waals surface area contributed by atoms with E-state index in [0.717, 1.165) is 73.0 Å². The van der Waals surface area contributed by atoms with E-state index in [1.807, 2.05) is 42.5 Å². The number of nitriles is 1. The monoisotopic (exact) mass is 452 g/mol. The van der Waals surface area contributed by atoms with Crippen LogP contribution in [0.1, 0.15) is 12.5 Å². The average molecular weight is 453 g/mol. The first kappa shape index (κ1) is 22.3. The zero-order valence-electron chi connectivity index (χ0n) is 18.5. The largest absolute Gasteiger partial charge is 0.492 e. The van der Waals surface area contributed by atoms with Gasteiger partial charge < -0.3 is 18.8 Å². The summed E-state index contributed by atoms with van der Waals surface area (Å²) in [7, 11) is -1.13. The van der Waals surface area contributed by atoms with E-state index in [1.54, 1.807) is 6.26 Å². The fourth-order valence-corrected chi connectivity index (χ4v) is 4.61. The Kier molecular flexibility index (Phi) is 7.10. The predicted octanol–water partition coefficient (Wildman–Crippen LogP) is 3.62. The number of aryl methyl sites for hydroxylation is 1. The molecule has 1 aliphatic heterocycles. The second kappa shape index (κ2) is 10.2. The van der Waals surface area contributed by atoms with Crippen molar-refractivity contribution in [3.8, 4) is 23.1 Å². The van der Waals surface area contributed by atoms with Crippen molar-refractivity contribution in [2.75, 3.05) is 50.4 Å². The number of hydrogen-bond donors (Lipinski definition) is 1. The quantitative estimate of drug-likeness (QED) is 0.565. The van der Waals surface area contributed by atoms with Crippen molar-refractivity contribution in [1.29, 1.82) is 5.26 Å². The molecule has 0 saturated carbocycles. The molecule has 7 nitrogen and oxygen atoms in total. The fourth-order valence-electron chi connectivity index (χ4n) is 4.14. The van der Waals surface area contributed by atoms with Crippen LogP contribution in [0.25, 0.3) is 22.2 Å². The van der Waals surface area contributed by atoms with Gasteiger partial charge in [0.05, 0.1) is 30.0 Å². The molecule has 1 fully saturated rings. The minimum atomic E-state index is -1.13. The summed E-state index contributed by atoms with van der Waals surface area (Å²) in [4.78, 5) is 2.34. The van der Waals surface area contributed by atoms with Crippen molar-refractivity contribution in [2.24, 2.45) is 0 Å². The molecule has 0 amide bonds. The summed E-state index contributed by atoms with van der Waals surface area (Å²) < 4.78 is 27.9. The summed E-state index contributed by atoms with van der Waals surface area (Å²) in [6.07, 6.45) is 1.59. The Morgan fingerprint density at radius 1 is 1.19 bits per heavy atom. The van der Waals surface area contributed by atoms with E-state index in [1.165, 1.54) is 0 Å². The summed E-state index contributed by atoms with van der Waals surface area (Å²) in [5, 5.41) is 10.9. The van der Waals surface area contributed by atoms with Gasteiger partial charge in [-0.1, -0.05) is 12.1 Å². The molecule has 3 aromatic rings. The Bertz CT molecular complexity index is 1140. The van der Waals surface area contributed by atoms with Crippen LogP contribution in [-0.2, 0) is 22.3 Å². The Balaban J connectivity index is 1.61. The van der Waals surface area contributed by atoms with Crippen LogP contribution in [0.4, 0.5) is 5.69 Å². The highest BCUT2D eigenvalue weighted by atomic mass is 32.2. The smallest absolute Gasteiger partial charge is 0.121 e. The van der Waals surface area contributed by atoms with Gasteiger partial charge in [-0.2, -0.15) is 5.26 Å². The molecule has 0 bridgehead atoms. The minimum absolute atomic E-state index is 0.615. The summed E-state index contributed by atoms with van der Waals surface area (Å²) >= 11 is 0. The van der Waals surface area contributed by atoms with E-state index in [2.05, 4.69) is 27.2 Å². The molecule has 1 unspecified atom stereocenters. The van der Waals surface area contributed by atoms with Gasteiger partial charge in [0.25, 0.3) is 0 Å². The van der Waals surface area contributed by atoms with E-state index in [9.17, 15) is 9.47 Å². The number of nitrogens with one attached hydrogen (secondary N) is 1. The van der Waals surface area contributed by atoms with Crippen molar-refractivity contribution in [3.63, 3.8) is 0 Å². The molecular formula is C24H28N4O3S. The Morgan fingerprint density at radius 3 is 2.59 bits per heavy atom. The van der Waals surface area contributed by atoms with Gasteiger partial charge in [-0.3, -0.25) is 4.90 Å². The third-order valence-electron chi connectivity index (χ3n) is 5.66. The third-order valence-corrected chi connectivity index (χ3v) is 6.19. The van der Waals surface area contributed by atoms with Crippen molar-refractivity contribution < 1.29 is 13.7 Å². The highest BCUT2D eigenvalue weighted by Crippen LogP contribution is 2.35. The molecule has 1 N–H and O–H groups in total. The van der Waals surface area contributed by atoms with Gasteiger partial charge in [0.15, 0.2) is 0 Å². The van der Waals surface area contributed by atoms with Gasteiger partial charge >= 0.3 is 0 Å². The Morgan fingerprint density at radius 2 is 1.94 bits per heavy atom. The highest BCUT2D eigenvalue weighted by Gasteiger charge is 2.19. The number of rotatable bonds is 8. The van der Waals surface area contributed by atoms with Crippen molar-refractivity contribution >= 4 is 27.6 Å². The van der Waals surface area contributed by atoms with E-state index in [0.29, 0.717) is 12.2 Å². The van der Waals surface area contributed by atoms with Gasteiger partial charge in [-0.25, -0.2) is 4.21 Å². The molecule has 8 heteroatoms. The van der Waals surface area contributed by atoms with Crippen LogP contribution < -0.4 is 9.46 Å². The molecule has 2 heterocycles. The second-order valence-electron chi connectivity index (χ2n) is 7.69. The van der Waals surface area contributed by atoms with Crippen LogP contribution in [0.3, 0.4) is 0 Å². The zero-order valence-corrected chi connectivity index (χ0v) is 19.3. The Labute approximate surface area is 191 Å². The number of aromatic nitrogens is 1. The minimum Gasteiger partial charge on any atom is -0.492 e. The standard InChI is InChI=1S/C24H28N4O3S/c1-3-28-23-16-20(31-15-12-27-10-13-30-14-11-27)8-9-21(23)22(17-25)24(28)18-4-6-19(7-5-18)26-32(2)29/h4-9,16,26H,3,10-15H2,1-2H3. The first-order valence-electron chi connectivity index (χ1n) is 10.8. The summed E-state index contributed by atoms with van der Waals surface area (Å²) in [6.45, 7) is 7.73. The molecule has 1 aromatic heterocycles. The molecule has 4 rings (SSSR count). The predicted molar refractivity (Wildman–Crippen MR) is 128 cm³/mol. The molecule has 0 spiro atoms. The van der Waals surface area contributed by atoms with Crippen LogP contribution in [0, 0.1) is 11.3 Å². The first-order chi connectivity index (χ1) is 15.6. The normalized spacial score (nSPS) is 15.4. The topological polar surface area (TPSA) is 79.5 Å². The molecule has 168 valence electrons. The van der Waals surface area contributed by atoms with Crippen LogP contribution in [0.2, 0.25) is 0 Å². The molecule has 1 aliphatic rings. The molecule has 0 radical (unpaired) electrons. The van der Waals surface area contributed by atoms with E-state index in [4.69, 9.17) is 9.47 Å². The SMILES string of the molecule is CCn1c(-c2ccc(NS(C)=O)cc2)c(C#N)c2ccc(OCCN3CCOCC3)cc21. The fraction of sp³-hybridized carbons (Fsp3) is 0.375. The molecule has 32 heavy (non-hydrogen) atoms. The maximum absolute atomic E-state index is 11.4. The van der Waals surface area contributed by atoms with E-state index >= 15 is 0 Å². The number of benzene rings is 2.